The van der Waals surface area contributed by atoms with Crippen LogP contribution in [0.1, 0.15) is 19.3 Å². The largest absolute Gasteiger partial charge is 0.480 e. The number of carboxylic acid groups (broad SMARTS) is 2. The number of para-hydroxylation sites is 1. The molecule has 0 saturated carbocycles. The third kappa shape index (κ3) is 7.36. The van der Waals surface area contributed by atoms with E-state index in [4.69, 9.17) is 5.73 Å². The Morgan fingerprint density at radius 1 is 1.25 bits per heavy atom. The number of carbonyl (C=O) groups is 3. The molecule has 2 rings (SSSR count). The number of amides is 1. The van der Waals surface area contributed by atoms with Crippen molar-refractivity contribution in [3.8, 4) is 0 Å². The number of carboxylic acids is 2. The maximum atomic E-state index is 12.9. The van der Waals surface area contributed by atoms with Crippen LogP contribution >= 0.6 is 45.7 Å². The molecule has 0 saturated heterocycles. The van der Waals surface area contributed by atoms with Crippen LogP contribution in [0.3, 0.4) is 0 Å². The molecule has 0 radical (unpaired) electrons. The van der Waals surface area contributed by atoms with Crippen LogP contribution in [0, 0.1) is 0 Å². The normalized spacial score (nSPS) is 16.8. The molecule has 11 heteroatoms. The van der Waals surface area contributed by atoms with Crippen LogP contribution in [0.4, 0.5) is 5.69 Å². The second kappa shape index (κ2) is 13.2. The van der Waals surface area contributed by atoms with Gasteiger partial charge in [-0.25, -0.2) is 0 Å². The molecular weight excluding hydrogens is 518 g/mol. The number of hydrogen-bond donors (Lipinski definition) is 4. The van der Waals surface area contributed by atoms with Crippen molar-refractivity contribution in [1.29, 1.82) is 0 Å². The van der Waals surface area contributed by atoms with Gasteiger partial charge in [0.25, 0.3) is 0 Å². The second-order valence-electron chi connectivity index (χ2n) is 5.99. The number of nitrogens with one attached hydrogen (secondary N) is 1. The second-order valence-corrected chi connectivity index (χ2v) is 7.05. The molecule has 1 amide bonds. The monoisotopic (exact) mass is 541 g/mol. The number of nitrogens with zero attached hydrogens (tertiary/aromatic N) is 1. The number of aliphatic carboxylic acids is 2. The van der Waals surface area contributed by atoms with Gasteiger partial charge in [0.1, 0.15) is 12.6 Å². The topological polar surface area (TPSA) is 133 Å². The predicted molar refractivity (Wildman–Crippen MR) is 119 cm³/mol. The van der Waals surface area contributed by atoms with Crippen molar-refractivity contribution in [2.45, 2.75) is 36.2 Å². The van der Waals surface area contributed by atoms with Crippen molar-refractivity contribution in [3.05, 3.63) is 24.3 Å². The molecule has 0 fully saturated rings. The summed E-state index contributed by atoms with van der Waals surface area (Å²) >= 11 is 1.40. The minimum Gasteiger partial charge on any atom is -0.480 e. The van der Waals surface area contributed by atoms with E-state index in [0.717, 1.165) is 4.90 Å². The van der Waals surface area contributed by atoms with Gasteiger partial charge in [-0.3, -0.25) is 24.6 Å². The maximum Gasteiger partial charge on any atom is 0.323 e. The average molecular weight is 543 g/mol. The molecule has 1 heterocycles. The molecule has 0 bridgehead atoms. The highest BCUT2D eigenvalue weighted by atomic mass is 79.9. The minimum atomic E-state index is -1.13. The number of thioether (sulfide) groups is 1. The number of carbonyl (C=O) groups excluding carboxylic acids is 1. The van der Waals surface area contributed by atoms with Crippen molar-refractivity contribution in [2.75, 3.05) is 23.7 Å². The Kier molecular flexibility index (Phi) is 12.6. The summed E-state index contributed by atoms with van der Waals surface area (Å²) in [5, 5.41) is 21.5. The van der Waals surface area contributed by atoms with E-state index in [0.29, 0.717) is 37.2 Å². The fraction of sp³-hybridized carbons (Fsp3) is 0.471. The summed E-state index contributed by atoms with van der Waals surface area (Å²) in [5.41, 5.74) is 5.98. The molecule has 158 valence electrons. The molecule has 2 atom stereocenters. The first-order chi connectivity index (χ1) is 12.4. The fourth-order valence-corrected chi connectivity index (χ4v) is 3.87. The highest BCUT2D eigenvalue weighted by Gasteiger charge is 2.34. The van der Waals surface area contributed by atoms with Crippen LogP contribution in [0.2, 0.25) is 0 Å². The lowest BCUT2D eigenvalue weighted by Crippen LogP contribution is -2.53. The van der Waals surface area contributed by atoms with E-state index in [-0.39, 0.29) is 34.0 Å². The molecule has 1 aromatic rings. The predicted octanol–water partition coefficient (Wildman–Crippen LogP) is 1.91. The van der Waals surface area contributed by atoms with Crippen LogP contribution in [-0.4, -0.2) is 59.0 Å². The van der Waals surface area contributed by atoms with Gasteiger partial charge in [0, 0.05) is 10.6 Å². The summed E-state index contributed by atoms with van der Waals surface area (Å²) in [4.78, 5) is 37.6. The number of unbranched alkanes of at least 4 members (excludes halogenated alkanes) is 1. The third-order valence-corrected chi connectivity index (χ3v) is 5.22. The van der Waals surface area contributed by atoms with Crippen LogP contribution < -0.4 is 16.0 Å². The van der Waals surface area contributed by atoms with Gasteiger partial charge >= 0.3 is 11.9 Å². The van der Waals surface area contributed by atoms with E-state index in [1.54, 1.807) is 12.1 Å². The Morgan fingerprint density at radius 2 is 1.93 bits per heavy atom. The lowest BCUT2D eigenvalue weighted by atomic mass is 10.1. The number of anilines is 1. The zero-order valence-corrected chi connectivity index (χ0v) is 19.3. The van der Waals surface area contributed by atoms with E-state index >= 15 is 0 Å². The third-order valence-electron chi connectivity index (χ3n) is 4.07. The quantitative estimate of drug-likeness (QED) is 0.348. The lowest BCUT2D eigenvalue weighted by molar-refractivity contribution is -0.140. The van der Waals surface area contributed by atoms with Gasteiger partial charge in [0.2, 0.25) is 5.91 Å². The Labute approximate surface area is 188 Å². The van der Waals surface area contributed by atoms with Crippen molar-refractivity contribution in [1.82, 2.24) is 5.32 Å². The van der Waals surface area contributed by atoms with Gasteiger partial charge in [-0.2, -0.15) is 0 Å². The molecule has 1 aliphatic rings. The summed E-state index contributed by atoms with van der Waals surface area (Å²) in [6.45, 7) is 0.00570. The number of fused-ring (bicyclic) bond motifs is 1. The first-order valence-electron chi connectivity index (χ1n) is 8.38. The van der Waals surface area contributed by atoms with E-state index in [1.165, 1.54) is 16.7 Å². The van der Waals surface area contributed by atoms with Gasteiger partial charge < -0.3 is 15.9 Å². The first kappa shape index (κ1) is 26.9. The van der Waals surface area contributed by atoms with E-state index in [9.17, 15) is 24.6 Å². The van der Waals surface area contributed by atoms with Crippen molar-refractivity contribution in [2.24, 2.45) is 5.73 Å². The van der Waals surface area contributed by atoms with Crippen molar-refractivity contribution < 1.29 is 24.6 Å². The van der Waals surface area contributed by atoms with Crippen LogP contribution in [-0.2, 0) is 14.4 Å². The van der Waals surface area contributed by atoms with Gasteiger partial charge in [-0.05, 0) is 31.5 Å². The number of halogens is 2. The molecule has 0 aliphatic carbocycles. The van der Waals surface area contributed by atoms with Gasteiger partial charge in [-0.15, -0.1) is 45.7 Å². The van der Waals surface area contributed by atoms with Gasteiger partial charge in [0.15, 0.2) is 0 Å². The molecule has 5 N–H and O–H groups in total. The highest BCUT2D eigenvalue weighted by molar-refractivity contribution is 8.93. The Bertz CT molecular complexity index is 680. The minimum absolute atomic E-state index is 0. The Hall–Kier alpha value is -1.14. The van der Waals surface area contributed by atoms with Gasteiger partial charge in [0.05, 0.1) is 11.7 Å². The molecule has 8 nitrogen and oxygen atoms in total. The molecule has 1 aliphatic heterocycles. The summed E-state index contributed by atoms with van der Waals surface area (Å²) in [6.07, 6.45) is 1.69. The SMILES string of the molecule is Br.Br.NCCCC[C@@H](NC1CSc2ccccc2N(CC(=O)O)C1=O)C(=O)O. The fourth-order valence-electron chi connectivity index (χ4n) is 2.78. The van der Waals surface area contributed by atoms with Crippen molar-refractivity contribution >= 4 is 69.3 Å². The molecular formula is C17H25Br2N3O5S. The summed E-state index contributed by atoms with van der Waals surface area (Å²) in [5.74, 6) is -2.27. The van der Waals surface area contributed by atoms with E-state index in [1.807, 2.05) is 12.1 Å². The molecule has 1 aromatic carbocycles. The van der Waals surface area contributed by atoms with Crippen LogP contribution in [0.15, 0.2) is 29.2 Å². The van der Waals surface area contributed by atoms with Gasteiger partial charge in [-0.1, -0.05) is 18.6 Å². The standard InChI is InChI=1S/C17H23N3O5S.2BrH/c18-8-4-3-5-11(17(24)25)19-12-10-26-14-7-2-1-6-13(14)20(16(12)23)9-15(21)22;;/h1-2,6-7,11-12,19H,3-5,8-10,18H2,(H,21,22)(H,24,25);2*1H/t11-,12?;;/m1../s1. The summed E-state index contributed by atoms with van der Waals surface area (Å²) in [7, 11) is 0. The lowest BCUT2D eigenvalue weighted by Gasteiger charge is -2.26. The number of benzene rings is 1. The van der Waals surface area contributed by atoms with E-state index < -0.39 is 36.5 Å². The maximum absolute atomic E-state index is 12.9. The number of hydrogen-bond acceptors (Lipinski definition) is 6. The van der Waals surface area contributed by atoms with Crippen molar-refractivity contribution in [3.63, 3.8) is 0 Å². The molecule has 0 aromatic heterocycles. The zero-order valence-electron chi connectivity index (χ0n) is 15.1. The first-order valence-corrected chi connectivity index (χ1v) is 9.36. The molecule has 0 spiro atoms. The smallest absolute Gasteiger partial charge is 0.323 e. The number of rotatable bonds is 9. The molecule has 1 unspecified atom stereocenters. The number of nitrogens with two attached hydrogens (primary N) is 1. The summed E-state index contributed by atoms with van der Waals surface area (Å²) in [6, 6.07) is 5.40. The Balaban J connectivity index is 0.00000364. The Morgan fingerprint density at radius 3 is 2.54 bits per heavy atom. The van der Waals surface area contributed by atoms with E-state index in [2.05, 4.69) is 5.32 Å². The molecule has 28 heavy (non-hydrogen) atoms. The van der Waals surface area contributed by atoms with Crippen LogP contribution in [0.5, 0.6) is 0 Å². The zero-order chi connectivity index (χ0) is 19.1. The summed E-state index contributed by atoms with van der Waals surface area (Å²) < 4.78 is 0. The van der Waals surface area contributed by atoms with Crippen LogP contribution in [0.25, 0.3) is 0 Å². The average Bonchev–Trinajstić information content (AvgIpc) is 2.72. The highest BCUT2D eigenvalue weighted by Crippen LogP contribution is 2.34.